The quantitative estimate of drug-likeness (QED) is 0.719. The van der Waals surface area contributed by atoms with Crippen molar-refractivity contribution in [2.24, 2.45) is 0 Å². The largest absolute Gasteiger partial charge is 0.461 e. The van der Waals surface area contributed by atoms with E-state index in [2.05, 4.69) is 25.9 Å². The number of esters is 1. The number of ether oxygens (including phenoxy) is 1. The molecule has 0 saturated carbocycles. The topological polar surface area (TPSA) is 86.2 Å². The third-order valence-corrected chi connectivity index (χ3v) is 5.28. The van der Waals surface area contributed by atoms with Crippen molar-refractivity contribution in [1.82, 2.24) is 9.97 Å². The van der Waals surface area contributed by atoms with Gasteiger partial charge in [0, 0.05) is 0 Å². The molecule has 0 aliphatic carbocycles. The van der Waals surface area contributed by atoms with Gasteiger partial charge in [-0.15, -0.1) is 0 Å². The first-order valence-corrected chi connectivity index (χ1v) is 9.27. The average Bonchev–Trinajstić information content (AvgIpc) is 2.50. The number of hydrogen-bond donors (Lipinski definition) is 0. The highest BCUT2D eigenvalue weighted by molar-refractivity contribution is 9.10. The van der Waals surface area contributed by atoms with Crippen molar-refractivity contribution in [3.8, 4) is 0 Å². The third kappa shape index (κ3) is 4.14. The molecule has 6 nitrogen and oxygen atoms in total. The van der Waals surface area contributed by atoms with Gasteiger partial charge in [-0.25, -0.2) is 23.2 Å². The molecule has 2 rings (SSSR count). The van der Waals surface area contributed by atoms with Crippen molar-refractivity contribution >= 4 is 31.7 Å². The van der Waals surface area contributed by atoms with E-state index in [4.69, 9.17) is 4.74 Å². The molecule has 1 aromatic heterocycles. The van der Waals surface area contributed by atoms with E-state index in [1.54, 1.807) is 44.2 Å². The van der Waals surface area contributed by atoms with Gasteiger partial charge in [-0.05, 0) is 35.3 Å². The van der Waals surface area contributed by atoms with Gasteiger partial charge in [0.1, 0.15) is 4.60 Å². The molecular formula is C15H15BrN2O4S. The highest BCUT2D eigenvalue weighted by atomic mass is 79.9. The van der Waals surface area contributed by atoms with E-state index in [1.807, 2.05) is 0 Å². The van der Waals surface area contributed by atoms with E-state index in [1.165, 1.54) is 0 Å². The number of nitrogens with zero attached hydrogens (tertiary/aromatic N) is 2. The summed E-state index contributed by atoms with van der Waals surface area (Å²) in [5.41, 5.74) is 0.676. The van der Waals surface area contributed by atoms with E-state index < -0.39 is 15.8 Å². The summed E-state index contributed by atoms with van der Waals surface area (Å²) in [6, 6.07) is 8.68. The van der Waals surface area contributed by atoms with Gasteiger partial charge in [0.25, 0.3) is 0 Å². The Labute approximate surface area is 143 Å². The molecule has 0 aliphatic heterocycles. The number of carbonyl (C=O) groups is 1. The van der Waals surface area contributed by atoms with Crippen LogP contribution in [0.2, 0.25) is 0 Å². The lowest BCUT2D eigenvalue weighted by atomic mass is 10.2. The predicted octanol–water partition coefficient (Wildman–Crippen LogP) is 2.70. The summed E-state index contributed by atoms with van der Waals surface area (Å²) < 4.78 is 30.5. The van der Waals surface area contributed by atoms with E-state index >= 15 is 0 Å². The number of benzene rings is 1. The van der Waals surface area contributed by atoms with Gasteiger partial charge in [-0.1, -0.05) is 30.3 Å². The molecule has 0 aliphatic rings. The monoisotopic (exact) mass is 398 g/mol. The van der Waals surface area contributed by atoms with E-state index in [-0.39, 0.29) is 23.1 Å². The second kappa shape index (κ2) is 7.18. The molecule has 23 heavy (non-hydrogen) atoms. The van der Waals surface area contributed by atoms with E-state index in [9.17, 15) is 13.2 Å². The molecular weight excluding hydrogens is 384 g/mol. The molecule has 0 unspecified atom stereocenters. The maximum atomic E-state index is 12.7. The molecule has 0 fully saturated rings. The first-order valence-electron chi connectivity index (χ1n) is 6.83. The van der Waals surface area contributed by atoms with Gasteiger partial charge in [0.15, 0.2) is 10.7 Å². The standard InChI is InChI=1S/C15H15BrN2O4S/c1-3-22-15(19)12-14(17-10(2)13(16)18-12)23(20,21)9-11-7-5-4-6-8-11/h4-8H,3,9H2,1-2H3. The Morgan fingerprint density at radius 1 is 1.22 bits per heavy atom. The number of rotatable bonds is 5. The fraction of sp³-hybridized carbons (Fsp3) is 0.267. The Morgan fingerprint density at radius 2 is 1.87 bits per heavy atom. The summed E-state index contributed by atoms with van der Waals surface area (Å²) in [5.74, 6) is -1.08. The number of hydrogen-bond acceptors (Lipinski definition) is 6. The lowest BCUT2D eigenvalue weighted by Crippen LogP contribution is -2.18. The zero-order valence-electron chi connectivity index (χ0n) is 12.6. The van der Waals surface area contributed by atoms with Crippen LogP contribution in [0, 0.1) is 6.92 Å². The smallest absolute Gasteiger partial charge is 0.360 e. The highest BCUT2D eigenvalue weighted by Crippen LogP contribution is 2.22. The Balaban J connectivity index is 2.52. The Bertz CT molecular complexity index is 823. The second-order valence-corrected chi connectivity index (χ2v) is 7.37. The number of halogens is 1. The number of sulfone groups is 1. The van der Waals surface area contributed by atoms with Crippen LogP contribution in [0.4, 0.5) is 0 Å². The lowest BCUT2D eigenvalue weighted by molar-refractivity contribution is 0.0513. The van der Waals surface area contributed by atoms with E-state index in [0.29, 0.717) is 15.9 Å². The first-order chi connectivity index (χ1) is 10.8. The predicted molar refractivity (Wildman–Crippen MR) is 87.8 cm³/mol. The summed E-state index contributed by atoms with van der Waals surface area (Å²) >= 11 is 3.16. The molecule has 2 aromatic rings. The Kier molecular flexibility index (Phi) is 5.48. The van der Waals surface area contributed by atoms with Crippen molar-refractivity contribution in [2.75, 3.05) is 6.61 Å². The number of aryl methyl sites for hydroxylation is 1. The summed E-state index contributed by atoms with van der Waals surface area (Å²) in [6.45, 7) is 3.35. The number of aromatic nitrogens is 2. The number of carbonyl (C=O) groups excluding carboxylic acids is 1. The fourth-order valence-corrected chi connectivity index (χ4v) is 3.62. The van der Waals surface area contributed by atoms with Crippen LogP contribution >= 0.6 is 15.9 Å². The van der Waals surface area contributed by atoms with Crippen LogP contribution in [-0.2, 0) is 20.3 Å². The molecule has 0 spiro atoms. The van der Waals surface area contributed by atoms with Gasteiger partial charge in [-0.3, -0.25) is 0 Å². The van der Waals surface area contributed by atoms with Crippen LogP contribution in [0.25, 0.3) is 0 Å². The first kappa shape index (κ1) is 17.6. The van der Waals surface area contributed by atoms with Crippen LogP contribution in [-0.4, -0.2) is 31.0 Å². The highest BCUT2D eigenvalue weighted by Gasteiger charge is 2.28. The summed E-state index contributed by atoms with van der Waals surface area (Å²) in [6.07, 6.45) is 0. The van der Waals surface area contributed by atoms with Crippen LogP contribution in [0.15, 0.2) is 40.0 Å². The molecule has 0 atom stereocenters. The molecule has 0 saturated heterocycles. The molecule has 1 aromatic carbocycles. The van der Waals surface area contributed by atoms with Gasteiger partial charge in [-0.2, -0.15) is 0 Å². The van der Waals surface area contributed by atoms with Crippen LogP contribution in [0.1, 0.15) is 28.7 Å². The molecule has 122 valence electrons. The SMILES string of the molecule is CCOC(=O)c1nc(Br)c(C)nc1S(=O)(=O)Cc1ccccc1. The van der Waals surface area contributed by atoms with Gasteiger partial charge >= 0.3 is 5.97 Å². The van der Waals surface area contributed by atoms with Crippen molar-refractivity contribution in [3.63, 3.8) is 0 Å². The third-order valence-electron chi connectivity index (χ3n) is 2.94. The Hall–Kier alpha value is -1.80. The minimum atomic E-state index is -3.84. The van der Waals surface area contributed by atoms with Crippen molar-refractivity contribution in [3.05, 3.63) is 51.9 Å². The van der Waals surface area contributed by atoms with Gasteiger partial charge < -0.3 is 4.74 Å². The van der Waals surface area contributed by atoms with Crippen LogP contribution in [0.3, 0.4) is 0 Å². The second-order valence-electron chi connectivity index (χ2n) is 4.72. The zero-order chi connectivity index (χ0) is 17.0. The lowest BCUT2D eigenvalue weighted by Gasteiger charge is -2.10. The minimum Gasteiger partial charge on any atom is -0.461 e. The molecule has 0 N–H and O–H groups in total. The van der Waals surface area contributed by atoms with Gasteiger partial charge in [0.05, 0.1) is 18.1 Å². The average molecular weight is 399 g/mol. The Morgan fingerprint density at radius 3 is 2.48 bits per heavy atom. The van der Waals surface area contributed by atoms with Crippen molar-refractivity contribution < 1.29 is 17.9 Å². The molecule has 1 heterocycles. The van der Waals surface area contributed by atoms with E-state index in [0.717, 1.165) is 0 Å². The maximum absolute atomic E-state index is 12.7. The van der Waals surface area contributed by atoms with Crippen molar-refractivity contribution in [2.45, 2.75) is 24.6 Å². The summed E-state index contributed by atoms with van der Waals surface area (Å²) in [7, 11) is -3.84. The summed E-state index contributed by atoms with van der Waals surface area (Å²) in [5, 5.41) is -0.361. The molecule has 8 heteroatoms. The van der Waals surface area contributed by atoms with Crippen molar-refractivity contribution in [1.29, 1.82) is 0 Å². The van der Waals surface area contributed by atoms with Crippen LogP contribution < -0.4 is 0 Å². The maximum Gasteiger partial charge on any atom is 0.360 e. The molecule has 0 amide bonds. The molecule has 0 radical (unpaired) electrons. The fourth-order valence-electron chi connectivity index (χ4n) is 1.89. The normalized spacial score (nSPS) is 11.3. The molecule has 0 bridgehead atoms. The summed E-state index contributed by atoms with van der Waals surface area (Å²) in [4.78, 5) is 20.1. The van der Waals surface area contributed by atoms with Crippen LogP contribution in [0.5, 0.6) is 0 Å². The van der Waals surface area contributed by atoms with Gasteiger partial charge in [0.2, 0.25) is 9.84 Å². The zero-order valence-corrected chi connectivity index (χ0v) is 15.0. The minimum absolute atomic E-state index is 0.115.